The predicted octanol–water partition coefficient (Wildman–Crippen LogP) is 8.55. The summed E-state index contributed by atoms with van der Waals surface area (Å²) in [6.45, 7) is 1.13. The minimum atomic E-state index is -1.18. The van der Waals surface area contributed by atoms with Gasteiger partial charge in [-0.15, -0.1) is 0 Å². The van der Waals surface area contributed by atoms with Crippen LogP contribution in [0, 0.1) is 3.57 Å². The number of hydrogen-bond donors (Lipinski definition) is 12. The SMILES string of the molecule is C.COC(=O)c1ccc(C(=O)NOCCNC(=O)CCCC[C@H]2SCC3NC(=O)NC32)cc1P(c1ccccc1)c1ccccc1.COC(=O)c1ccc(C(=O)O)cc1I.COC(=O)c1ccc(C(=O)O)cc1N.COC(=O)c1ccc(C(=O)O)cc1P(c1ccccc1)c1ccccc1.NOCCNC(=O)CCCC[C@H]1SCC2NC(=O)NC21. The smallest absolute Gasteiger partial charge is 0.339 e. The molecule has 0 bridgehead atoms. The van der Waals surface area contributed by atoms with E-state index in [9.17, 15) is 62.6 Å². The first kappa shape index (κ1) is 96.1. The van der Waals surface area contributed by atoms with Crippen molar-refractivity contribution in [3.8, 4) is 0 Å². The Morgan fingerprint density at radius 1 is 0.458 bits per heavy atom. The summed E-state index contributed by atoms with van der Waals surface area (Å²) in [7, 11) is 2.89. The second-order valence-corrected chi connectivity index (χ2v) is 34.5. The van der Waals surface area contributed by atoms with Gasteiger partial charge >= 0.3 is 53.8 Å². The predicted molar refractivity (Wildman–Crippen MR) is 471 cm³/mol. The number of rotatable bonds is 31. The number of nitrogen functional groups attached to an aromatic ring is 1. The molecule has 4 aliphatic rings. The van der Waals surface area contributed by atoms with Crippen molar-refractivity contribution in [3.63, 3.8) is 0 Å². The molecule has 4 saturated heterocycles. The van der Waals surface area contributed by atoms with Gasteiger partial charge in [-0.1, -0.05) is 142 Å². The molecule has 30 nitrogen and oxygen atoms in total. The maximum Gasteiger partial charge on any atom is 0.339 e. The highest BCUT2D eigenvalue weighted by Gasteiger charge is 2.44. The van der Waals surface area contributed by atoms with E-state index < -0.39 is 63.5 Å². The standard InChI is InChI=1S/C33H37N4O6PS.C21H17O4P.C12H22N4O3S.C9H7IO4.C9H9NO4.CH4/c1-42-32(40)25-17-16-22(20-27(25)44(23-10-4-2-5-11-23)24-12-6-3-7-13-24)31(39)37-43-19-18-34-29(38)15-9-8-14-28-30-26(21-45-28)35-33(41)36-30;1-25-21(24)18-13-12-15(20(22)23)14-19(18)26(16-8-4-2-5-9-16)17-10-6-3-7-11-17;13-19-6-5-14-10(17)4-2-1-3-9-11-8(7-20-9)15-12(18)16-11;2*1-14-9(13)6-3-2-5(8(11)12)4-7(6)10;/h2-7,10-13,16-17,20,26,28,30H,8-9,14-15,18-19,21H2,1H3,(H,34,38)(H,37,39)(H2,35,36,41);2-14H,1H3,(H,22,23);8-9,11H,1-7,13H2,(H,14,17)(H2,15,16,18);2-4H,1H3,(H,11,12);2-4H,10H2,1H3,(H,11,12);1H4/t26?,28-,30?;;8?,9-,11?;;;/m1.1.../s1. The lowest BCUT2D eigenvalue weighted by atomic mass is 10.0. The van der Waals surface area contributed by atoms with Gasteiger partial charge in [-0.3, -0.25) is 19.2 Å². The zero-order valence-corrected chi connectivity index (χ0v) is 70.9. The number of methoxy groups -OCH3 is 4. The first-order valence-electron chi connectivity index (χ1n) is 37.3. The van der Waals surface area contributed by atoms with E-state index in [0.29, 0.717) is 72.9 Å². The number of carboxylic acid groups (broad SMARTS) is 3. The van der Waals surface area contributed by atoms with Crippen molar-refractivity contribution in [2.45, 2.75) is 93.5 Å². The lowest BCUT2D eigenvalue weighted by Gasteiger charge is -2.22. The van der Waals surface area contributed by atoms with Crippen molar-refractivity contribution in [3.05, 3.63) is 242 Å². The molecule has 0 saturated carbocycles. The van der Waals surface area contributed by atoms with Crippen LogP contribution in [0.3, 0.4) is 0 Å². The second kappa shape index (κ2) is 49.5. The summed E-state index contributed by atoms with van der Waals surface area (Å²) in [5.74, 6) is 1.14. The topological polar surface area (TPSA) is 457 Å². The van der Waals surface area contributed by atoms with Crippen LogP contribution >= 0.6 is 62.0 Å². The average Bonchev–Trinajstić information content (AvgIpc) is 1.35. The van der Waals surface area contributed by atoms with Gasteiger partial charge in [-0.25, -0.2) is 54.5 Å². The fraction of sp³-hybridized carbons (Fsp3) is 0.294. The van der Waals surface area contributed by atoms with Gasteiger partial charge in [-0.05, 0) is 158 Å². The number of carbonyl (C=O) groups excluding carboxylic acids is 9. The molecule has 636 valence electrons. The van der Waals surface area contributed by atoms with Crippen LogP contribution in [0.1, 0.15) is 142 Å². The molecule has 35 heteroatoms. The highest BCUT2D eigenvalue weighted by atomic mass is 127. The van der Waals surface area contributed by atoms with E-state index in [-0.39, 0.29) is 96.6 Å². The third kappa shape index (κ3) is 28.3. The van der Waals surface area contributed by atoms with Crippen molar-refractivity contribution >= 4 is 171 Å². The highest BCUT2D eigenvalue weighted by molar-refractivity contribution is 14.1. The van der Waals surface area contributed by atoms with E-state index in [2.05, 4.69) is 51.7 Å². The van der Waals surface area contributed by atoms with E-state index in [1.54, 1.807) is 24.3 Å². The number of aromatic carboxylic acids is 3. The van der Waals surface area contributed by atoms with Gasteiger partial charge < -0.3 is 76.7 Å². The van der Waals surface area contributed by atoms with Crippen molar-refractivity contribution in [2.24, 2.45) is 5.90 Å². The molecule has 8 aromatic rings. The van der Waals surface area contributed by atoms with Crippen LogP contribution in [-0.4, -0.2) is 188 Å². The molecule has 4 fully saturated rings. The molecule has 4 heterocycles. The van der Waals surface area contributed by atoms with Gasteiger partial charge in [0.1, 0.15) is 0 Å². The summed E-state index contributed by atoms with van der Waals surface area (Å²) in [6.07, 6.45) is 6.46. The number of benzene rings is 8. The van der Waals surface area contributed by atoms with Crippen LogP contribution in [0.2, 0.25) is 0 Å². The number of carboxylic acids is 3. The maximum atomic E-state index is 13.0. The van der Waals surface area contributed by atoms with Crippen molar-refractivity contribution in [1.29, 1.82) is 0 Å². The Hall–Kier alpha value is -11.0. The molecular formula is C85H96IN9O21P2S2. The quantitative estimate of drug-likeness (QED) is 0.00283. The Morgan fingerprint density at radius 3 is 1.19 bits per heavy atom. The molecule has 8 aromatic carbocycles. The first-order valence-corrected chi connectivity index (χ1v) is 43.2. The molecule has 12 rings (SSSR count). The van der Waals surface area contributed by atoms with Crippen LogP contribution in [0.15, 0.2) is 194 Å². The summed E-state index contributed by atoms with van der Waals surface area (Å²) >= 11 is 5.67. The zero-order chi connectivity index (χ0) is 85.9. The number of ether oxygens (including phenoxy) is 4. The van der Waals surface area contributed by atoms with E-state index in [4.69, 9.17) is 36.2 Å². The van der Waals surface area contributed by atoms with Crippen LogP contribution in [-0.2, 0) is 38.2 Å². The summed E-state index contributed by atoms with van der Waals surface area (Å²) in [6, 6.07) is 57.6. The number of nitrogens with two attached hydrogens (primary N) is 2. The van der Waals surface area contributed by atoms with Crippen molar-refractivity contribution in [1.82, 2.24) is 37.4 Å². The monoisotopic (exact) mass is 1830 g/mol. The zero-order valence-electron chi connectivity index (χ0n) is 65.3. The third-order valence-corrected chi connectivity index (χ3v) is 27.4. The maximum absolute atomic E-state index is 13.0. The summed E-state index contributed by atoms with van der Waals surface area (Å²) in [5, 5.41) is 50.4. The largest absolute Gasteiger partial charge is 0.478 e. The van der Waals surface area contributed by atoms with Crippen LogP contribution in [0.25, 0.3) is 0 Å². The van der Waals surface area contributed by atoms with Crippen LogP contribution in [0.5, 0.6) is 0 Å². The number of halogens is 1. The van der Waals surface area contributed by atoms with Gasteiger partial charge in [0.15, 0.2) is 0 Å². The highest BCUT2D eigenvalue weighted by Crippen LogP contribution is 2.38. The molecule has 6 atom stereocenters. The number of nitrogens with one attached hydrogen (secondary N) is 7. The molecule has 0 spiro atoms. The number of hydroxylamine groups is 1. The number of fused-ring (bicyclic) bond motifs is 2. The summed E-state index contributed by atoms with van der Waals surface area (Å²) < 4.78 is 19.5. The molecule has 4 unspecified atom stereocenters. The van der Waals surface area contributed by atoms with E-state index >= 15 is 0 Å². The van der Waals surface area contributed by atoms with E-state index in [1.807, 2.05) is 167 Å². The van der Waals surface area contributed by atoms with Gasteiger partial charge in [0.05, 0.1) is 105 Å². The number of anilines is 1. The molecular weight excluding hydrogens is 1740 g/mol. The van der Waals surface area contributed by atoms with Crippen LogP contribution < -0.4 is 80.8 Å². The number of thioether (sulfide) groups is 2. The number of esters is 4. The van der Waals surface area contributed by atoms with Gasteiger partial charge in [0.2, 0.25) is 11.8 Å². The average molecular weight is 1830 g/mol. The Bertz CT molecular complexity index is 4690. The fourth-order valence-corrected chi connectivity index (χ4v) is 21.5. The number of unbranched alkanes of at least 4 members (excludes halogenated alkanes) is 2. The van der Waals surface area contributed by atoms with Crippen LogP contribution in [0.4, 0.5) is 15.3 Å². The Balaban J connectivity index is 0.000000224. The van der Waals surface area contributed by atoms with Gasteiger partial charge in [0.25, 0.3) is 5.91 Å². The van der Waals surface area contributed by atoms with E-state index in [1.165, 1.54) is 77.0 Å². The lowest BCUT2D eigenvalue weighted by Crippen LogP contribution is -2.36. The van der Waals surface area contributed by atoms with Crippen molar-refractivity contribution in [2.75, 3.05) is 72.0 Å². The van der Waals surface area contributed by atoms with Gasteiger partial charge in [0, 0.05) is 73.4 Å². The third-order valence-electron chi connectivity index (χ3n) is 18.6. The lowest BCUT2D eigenvalue weighted by molar-refractivity contribution is -0.122. The summed E-state index contributed by atoms with van der Waals surface area (Å²) in [5.41, 5.74) is 10.0. The minimum absolute atomic E-state index is 0. The number of amides is 7. The molecule has 14 N–H and O–H groups in total. The molecule has 0 radical (unpaired) electrons. The number of hydrogen-bond acceptors (Lipinski definition) is 22. The van der Waals surface area contributed by atoms with Crippen molar-refractivity contribution < 1.29 is 101 Å². The summed E-state index contributed by atoms with van der Waals surface area (Å²) in [4.78, 5) is 149. The number of carbonyl (C=O) groups is 12. The van der Waals surface area contributed by atoms with E-state index in [0.717, 1.165) is 71.2 Å². The Morgan fingerprint density at radius 2 is 0.808 bits per heavy atom. The minimum Gasteiger partial charge on any atom is -0.478 e. The molecule has 120 heavy (non-hydrogen) atoms. The Kier molecular flexibility index (Phi) is 39.6. The molecule has 7 amide bonds. The van der Waals surface area contributed by atoms with Gasteiger partial charge in [-0.2, -0.15) is 23.5 Å². The normalized spacial score (nSPS) is 16.1. The molecule has 0 aromatic heterocycles. The molecule has 0 aliphatic carbocycles. The fourth-order valence-electron chi connectivity index (χ4n) is 12.7. The Labute approximate surface area is 718 Å². The number of urea groups is 2. The molecule has 4 aliphatic heterocycles. The second-order valence-electron chi connectivity index (χ2n) is 26.4. The first-order chi connectivity index (χ1) is 57.4.